The van der Waals surface area contributed by atoms with Gasteiger partial charge in [0.2, 0.25) is 0 Å². The third-order valence-electron chi connectivity index (χ3n) is 10.5. The van der Waals surface area contributed by atoms with Crippen LogP contribution in [-0.2, 0) is 32.0 Å². The third-order valence-corrected chi connectivity index (χ3v) is 10.5. The number of phenolic OH excluding ortho intramolecular Hbond substituents is 1. The van der Waals surface area contributed by atoms with Crippen LogP contribution in [-0.4, -0.2) is 44.7 Å². The molecule has 0 amide bonds. The minimum absolute atomic E-state index is 0.0399. The van der Waals surface area contributed by atoms with Crippen LogP contribution >= 0.6 is 0 Å². The second kappa shape index (κ2) is 10.2. The zero-order chi connectivity index (χ0) is 31.9. The zero-order valence-electron chi connectivity index (χ0n) is 26.9. The molecule has 3 unspecified atom stereocenters. The van der Waals surface area contributed by atoms with E-state index >= 15 is 0 Å². The average Bonchev–Trinajstić information content (AvgIpc) is 2.81. The number of hydrogen-bond acceptors (Lipinski definition) is 7. The quantitative estimate of drug-likeness (QED) is 0.421. The van der Waals surface area contributed by atoms with Gasteiger partial charge in [-0.15, -0.1) is 0 Å². The van der Waals surface area contributed by atoms with E-state index in [-0.39, 0.29) is 41.4 Å². The van der Waals surface area contributed by atoms with E-state index in [0.29, 0.717) is 17.5 Å². The number of carbonyl (C=O) groups excluding carboxylic acids is 5. The molecule has 6 atom stereocenters. The summed E-state index contributed by atoms with van der Waals surface area (Å²) in [4.78, 5) is 69.0. The molecule has 0 radical (unpaired) electrons. The fourth-order valence-corrected chi connectivity index (χ4v) is 8.80. The van der Waals surface area contributed by atoms with Crippen molar-refractivity contribution < 1.29 is 34.2 Å². The Bertz CT molecular complexity index is 1380. The Morgan fingerprint density at radius 2 is 1.64 bits per heavy atom. The molecule has 4 rings (SSSR count). The monoisotopic (exact) mass is 580 g/mol. The van der Waals surface area contributed by atoms with Gasteiger partial charge < -0.3 is 10.2 Å². The lowest BCUT2D eigenvalue weighted by Crippen LogP contribution is -2.76. The Morgan fingerprint density at radius 3 is 2.14 bits per heavy atom. The van der Waals surface area contributed by atoms with Crippen LogP contribution in [0.1, 0.15) is 121 Å². The summed E-state index contributed by atoms with van der Waals surface area (Å²) in [5, 5.41) is 23.7. The number of aliphatic hydroxyl groups is 1. The zero-order valence-corrected chi connectivity index (χ0v) is 26.9. The van der Waals surface area contributed by atoms with E-state index in [4.69, 9.17) is 0 Å². The molecule has 0 aliphatic heterocycles. The maximum Gasteiger partial charge on any atom is 0.190 e. The first-order valence-corrected chi connectivity index (χ1v) is 15.4. The van der Waals surface area contributed by atoms with Gasteiger partial charge in [0, 0.05) is 11.3 Å². The Kier molecular flexibility index (Phi) is 7.84. The summed E-state index contributed by atoms with van der Waals surface area (Å²) in [6.07, 6.45) is 2.65. The second-order valence-electron chi connectivity index (χ2n) is 15.7. The highest BCUT2D eigenvalue weighted by Gasteiger charge is 2.76. The van der Waals surface area contributed by atoms with Gasteiger partial charge >= 0.3 is 0 Å². The molecule has 0 bridgehead atoms. The van der Waals surface area contributed by atoms with Gasteiger partial charge in [0.1, 0.15) is 17.5 Å². The largest absolute Gasteiger partial charge is 0.507 e. The van der Waals surface area contributed by atoms with Crippen LogP contribution in [0, 0.1) is 39.9 Å². The number of hydrogen-bond donors (Lipinski definition) is 2. The van der Waals surface area contributed by atoms with Gasteiger partial charge in [0.05, 0.1) is 11.5 Å². The van der Waals surface area contributed by atoms with Crippen LogP contribution in [0.4, 0.5) is 0 Å². The minimum Gasteiger partial charge on any atom is -0.507 e. The van der Waals surface area contributed by atoms with Crippen LogP contribution in [0.3, 0.4) is 0 Å². The third kappa shape index (κ3) is 4.53. The second-order valence-corrected chi connectivity index (χ2v) is 15.7. The first kappa shape index (κ1) is 32.2. The summed E-state index contributed by atoms with van der Waals surface area (Å²) in [7, 11) is 0. The molecular weight excluding hydrogens is 532 g/mol. The van der Waals surface area contributed by atoms with Crippen LogP contribution in [0.5, 0.6) is 5.75 Å². The number of Topliss-reactive ketones (excluding diaryl/α,β-unsaturated/α-hetero) is 5. The van der Waals surface area contributed by atoms with Crippen molar-refractivity contribution in [2.24, 2.45) is 39.9 Å². The SMILES string of the molecule is CC(=O)C1C(=O)C(C(C)C)[C@@]2(C)C[C@@]3(C)Cc4c(C(C)C)cc(CCCC(C)(C)C)c(O)c4C(=O)C3C(=O)[C@@]2(O)C1=O. The van der Waals surface area contributed by atoms with Gasteiger partial charge in [0.15, 0.2) is 28.7 Å². The molecule has 0 spiro atoms. The number of aromatic hydroxyl groups is 1. The normalized spacial score (nSPS) is 33.1. The van der Waals surface area contributed by atoms with E-state index in [0.717, 1.165) is 25.3 Å². The smallest absolute Gasteiger partial charge is 0.190 e. The molecule has 42 heavy (non-hydrogen) atoms. The summed E-state index contributed by atoms with van der Waals surface area (Å²) in [5.41, 5.74) is -2.68. The number of aryl methyl sites for hydroxylation is 1. The molecule has 0 aromatic heterocycles. The topological polar surface area (TPSA) is 126 Å². The minimum atomic E-state index is -2.68. The van der Waals surface area contributed by atoms with Gasteiger partial charge in [-0.25, -0.2) is 0 Å². The Balaban J connectivity index is 1.92. The number of rotatable bonds is 6. The molecule has 3 aliphatic rings. The first-order chi connectivity index (χ1) is 19.1. The van der Waals surface area contributed by atoms with Crippen LogP contribution in [0.2, 0.25) is 0 Å². The average molecular weight is 581 g/mol. The number of fused-ring (bicyclic) bond motifs is 3. The number of carbonyl (C=O) groups is 5. The predicted octanol–water partition coefficient (Wildman–Crippen LogP) is 5.59. The lowest BCUT2D eigenvalue weighted by atomic mass is 9.39. The number of benzene rings is 1. The first-order valence-electron chi connectivity index (χ1n) is 15.4. The molecule has 1 aromatic rings. The summed E-state index contributed by atoms with van der Waals surface area (Å²) < 4.78 is 0. The standard InChI is InChI=1S/C35H48O7/c1-17(2)21-14-20(12-11-13-32(6,7)8)27(37)24-22(21)15-33(9)16-34(10)25(18(3)4)28(38)23(19(5)36)30(40)35(34,42)31(41)26(33)29(24)39/h14,17-18,23,25-26,37,42H,11-13,15-16H2,1-10H3/t23?,25?,26?,33-,34-,35+/m1/s1. The lowest BCUT2D eigenvalue weighted by molar-refractivity contribution is -0.205. The van der Waals surface area contributed by atoms with Gasteiger partial charge in [-0.05, 0) is 78.4 Å². The van der Waals surface area contributed by atoms with Crippen LogP contribution < -0.4 is 0 Å². The molecule has 7 heteroatoms. The van der Waals surface area contributed by atoms with Crippen molar-refractivity contribution in [3.63, 3.8) is 0 Å². The Labute approximate surface area is 249 Å². The summed E-state index contributed by atoms with van der Waals surface area (Å²) >= 11 is 0. The Morgan fingerprint density at radius 1 is 1.05 bits per heavy atom. The van der Waals surface area contributed by atoms with Gasteiger partial charge in [0.25, 0.3) is 0 Å². The van der Waals surface area contributed by atoms with Crippen molar-refractivity contribution in [1.82, 2.24) is 0 Å². The van der Waals surface area contributed by atoms with E-state index in [1.54, 1.807) is 20.8 Å². The summed E-state index contributed by atoms with van der Waals surface area (Å²) in [6.45, 7) is 18.6. The van der Waals surface area contributed by atoms with E-state index in [1.807, 2.05) is 26.8 Å². The lowest BCUT2D eigenvalue weighted by Gasteiger charge is -2.62. The fraction of sp³-hybridized carbons (Fsp3) is 0.686. The van der Waals surface area contributed by atoms with E-state index in [2.05, 4.69) is 20.8 Å². The Hall–Kier alpha value is -2.67. The predicted molar refractivity (Wildman–Crippen MR) is 159 cm³/mol. The summed E-state index contributed by atoms with van der Waals surface area (Å²) in [5.74, 6) is -8.47. The maximum atomic E-state index is 14.5. The molecule has 0 saturated heterocycles. The highest BCUT2D eigenvalue weighted by molar-refractivity contribution is 6.32. The highest BCUT2D eigenvalue weighted by atomic mass is 16.3. The molecule has 7 nitrogen and oxygen atoms in total. The van der Waals surface area contributed by atoms with Crippen molar-refractivity contribution in [2.45, 2.75) is 113 Å². The van der Waals surface area contributed by atoms with Gasteiger partial charge in [-0.3, -0.25) is 24.0 Å². The molecule has 2 fully saturated rings. The van der Waals surface area contributed by atoms with Crippen molar-refractivity contribution in [3.05, 3.63) is 28.3 Å². The van der Waals surface area contributed by atoms with Crippen molar-refractivity contribution >= 4 is 28.9 Å². The van der Waals surface area contributed by atoms with Crippen molar-refractivity contribution in [1.29, 1.82) is 0 Å². The highest BCUT2D eigenvalue weighted by Crippen LogP contribution is 2.64. The molecule has 230 valence electrons. The van der Waals surface area contributed by atoms with E-state index < -0.39 is 63.1 Å². The van der Waals surface area contributed by atoms with E-state index in [1.165, 1.54) is 0 Å². The van der Waals surface area contributed by atoms with Crippen LogP contribution in [0.25, 0.3) is 0 Å². The van der Waals surface area contributed by atoms with Crippen LogP contribution in [0.15, 0.2) is 6.07 Å². The number of phenols is 1. The van der Waals surface area contributed by atoms with Crippen molar-refractivity contribution in [2.75, 3.05) is 0 Å². The molecule has 2 N–H and O–H groups in total. The maximum absolute atomic E-state index is 14.5. The molecule has 0 heterocycles. The summed E-state index contributed by atoms with van der Waals surface area (Å²) in [6, 6.07) is 1.99. The molecule has 1 aromatic carbocycles. The van der Waals surface area contributed by atoms with E-state index in [9.17, 15) is 34.2 Å². The molecule has 3 aliphatic carbocycles. The molecule has 2 saturated carbocycles. The fourth-order valence-electron chi connectivity index (χ4n) is 8.80. The van der Waals surface area contributed by atoms with Gasteiger partial charge in [-0.1, -0.05) is 68.4 Å². The van der Waals surface area contributed by atoms with Crippen molar-refractivity contribution in [3.8, 4) is 5.75 Å². The molecular formula is C35H48O7. The number of ketones is 5. The van der Waals surface area contributed by atoms with Gasteiger partial charge in [-0.2, -0.15) is 0 Å².